The van der Waals surface area contributed by atoms with E-state index in [1.807, 2.05) is 30.4 Å². The lowest BCUT2D eigenvalue weighted by atomic mass is 9.95. The summed E-state index contributed by atoms with van der Waals surface area (Å²) in [5.41, 5.74) is 4.91. The van der Waals surface area contributed by atoms with E-state index in [-0.39, 0.29) is 6.04 Å². The Balaban J connectivity index is 2.12. The fourth-order valence-corrected chi connectivity index (χ4v) is 3.92. The normalized spacial score (nSPS) is 22.0. The van der Waals surface area contributed by atoms with Gasteiger partial charge in [-0.05, 0) is 30.8 Å². The summed E-state index contributed by atoms with van der Waals surface area (Å²) >= 11 is 8.26. The highest BCUT2D eigenvalue weighted by Gasteiger charge is 2.26. The molecule has 1 aromatic rings. The number of hydrogen-bond donors (Lipinski definition) is 2. The molecule has 96 valence electrons. The van der Waals surface area contributed by atoms with Gasteiger partial charge in [-0.15, -0.1) is 0 Å². The molecule has 6 heteroatoms. The van der Waals surface area contributed by atoms with Crippen molar-refractivity contribution >= 4 is 23.4 Å². The van der Waals surface area contributed by atoms with Crippen LogP contribution in [0.4, 0.5) is 0 Å². The topological polar surface area (TPSA) is 55.9 Å². The summed E-state index contributed by atoms with van der Waals surface area (Å²) in [4.78, 5) is 0. The summed E-state index contributed by atoms with van der Waals surface area (Å²) in [6.45, 7) is 1.93. The molecule has 2 rings (SSSR count). The number of nitrogens with two attached hydrogens (primary N) is 1. The number of nitrogens with zero attached hydrogens (tertiary/aromatic N) is 2. The first-order valence-corrected chi connectivity index (χ1v) is 7.38. The predicted molar refractivity (Wildman–Crippen MR) is 73.2 cm³/mol. The van der Waals surface area contributed by atoms with Crippen LogP contribution in [0.2, 0.25) is 5.02 Å². The Hall–Kier alpha value is -0.230. The minimum atomic E-state index is 0.289. The second-order valence-corrected chi connectivity index (χ2v) is 6.10. The van der Waals surface area contributed by atoms with E-state index in [1.54, 1.807) is 0 Å². The van der Waals surface area contributed by atoms with Crippen LogP contribution in [0.1, 0.15) is 17.8 Å². The van der Waals surface area contributed by atoms with Crippen LogP contribution in [-0.4, -0.2) is 27.3 Å². The summed E-state index contributed by atoms with van der Waals surface area (Å²) in [5, 5.41) is 5.11. The van der Waals surface area contributed by atoms with Crippen LogP contribution in [0.25, 0.3) is 0 Å². The van der Waals surface area contributed by atoms with E-state index in [0.29, 0.717) is 5.92 Å². The number of aromatic nitrogens is 2. The first kappa shape index (κ1) is 13.2. The largest absolute Gasteiger partial charge is 0.271 e. The summed E-state index contributed by atoms with van der Waals surface area (Å²) in [7, 11) is 1.94. The van der Waals surface area contributed by atoms with Crippen molar-refractivity contribution in [3.63, 3.8) is 0 Å². The third kappa shape index (κ3) is 2.78. The lowest BCUT2D eigenvalue weighted by molar-refractivity contribution is 0.379. The van der Waals surface area contributed by atoms with Gasteiger partial charge in [0.05, 0.1) is 16.4 Å². The maximum Gasteiger partial charge on any atom is 0.0847 e. The van der Waals surface area contributed by atoms with Crippen molar-refractivity contribution in [2.24, 2.45) is 18.8 Å². The second kappa shape index (κ2) is 5.61. The average Bonchev–Trinajstić information content (AvgIpc) is 2.89. The molecule has 0 aliphatic carbocycles. The van der Waals surface area contributed by atoms with Crippen molar-refractivity contribution in [1.29, 1.82) is 0 Å². The summed E-state index contributed by atoms with van der Waals surface area (Å²) < 4.78 is 1.87. The highest BCUT2D eigenvalue weighted by molar-refractivity contribution is 7.99. The molecule has 2 atom stereocenters. The number of nitrogens with one attached hydrogen (secondary N) is 1. The highest BCUT2D eigenvalue weighted by atomic mass is 35.5. The van der Waals surface area contributed by atoms with Crippen molar-refractivity contribution in [3.05, 3.63) is 16.4 Å². The third-order valence-corrected chi connectivity index (χ3v) is 5.10. The predicted octanol–water partition coefficient (Wildman–Crippen LogP) is 1.51. The van der Waals surface area contributed by atoms with Crippen molar-refractivity contribution in [2.45, 2.75) is 25.8 Å². The molecule has 0 saturated carbocycles. The molecule has 1 fully saturated rings. The van der Waals surface area contributed by atoms with Gasteiger partial charge in [0, 0.05) is 19.5 Å². The average molecular weight is 275 g/mol. The Morgan fingerprint density at radius 1 is 1.71 bits per heavy atom. The van der Waals surface area contributed by atoms with Crippen molar-refractivity contribution in [2.75, 3.05) is 11.5 Å². The SMILES string of the molecule is Cc1nn(C)c(CC(NN)C2CCSC2)c1Cl. The van der Waals surface area contributed by atoms with Crippen molar-refractivity contribution < 1.29 is 0 Å². The minimum Gasteiger partial charge on any atom is -0.271 e. The maximum atomic E-state index is 6.26. The Morgan fingerprint density at radius 3 is 2.94 bits per heavy atom. The maximum absolute atomic E-state index is 6.26. The second-order valence-electron chi connectivity index (χ2n) is 4.57. The van der Waals surface area contributed by atoms with Crippen LogP contribution in [0.5, 0.6) is 0 Å². The van der Waals surface area contributed by atoms with Crippen LogP contribution in [0.15, 0.2) is 0 Å². The van der Waals surface area contributed by atoms with Crippen LogP contribution in [0.3, 0.4) is 0 Å². The Morgan fingerprint density at radius 2 is 2.47 bits per heavy atom. The zero-order chi connectivity index (χ0) is 12.4. The number of hydrogen-bond acceptors (Lipinski definition) is 4. The van der Waals surface area contributed by atoms with Crippen LogP contribution >= 0.6 is 23.4 Å². The van der Waals surface area contributed by atoms with Gasteiger partial charge in [0.25, 0.3) is 0 Å². The van der Waals surface area contributed by atoms with E-state index in [2.05, 4.69) is 10.5 Å². The first-order chi connectivity index (χ1) is 8.13. The molecule has 1 aliphatic rings. The molecular weight excluding hydrogens is 256 g/mol. The molecule has 2 unspecified atom stereocenters. The molecule has 17 heavy (non-hydrogen) atoms. The van der Waals surface area contributed by atoms with Gasteiger partial charge in [-0.1, -0.05) is 11.6 Å². The van der Waals surface area contributed by atoms with E-state index in [4.69, 9.17) is 17.4 Å². The van der Waals surface area contributed by atoms with Gasteiger partial charge in [-0.25, -0.2) is 0 Å². The van der Waals surface area contributed by atoms with Gasteiger partial charge < -0.3 is 0 Å². The van der Waals surface area contributed by atoms with Crippen molar-refractivity contribution in [3.8, 4) is 0 Å². The molecule has 1 aromatic heterocycles. The smallest absolute Gasteiger partial charge is 0.0847 e. The lowest BCUT2D eigenvalue weighted by Crippen LogP contribution is -2.43. The van der Waals surface area contributed by atoms with Gasteiger partial charge in [-0.3, -0.25) is 16.0 Å². The molecule has 0 radical (unpaired) electrons. The van der Waals surface area contributed by atoms with Crippen LogP contribution < -0.4 is 11.3 Å². The van der Waals surface area contributed by atoms with Crippen molar-refractivity contribution in [1.82, 2.24) is 15.2 Å². The van der Waals surface area contributed by atoms with Crippen LogP contribution in [-0.2, 0) is 13.5 Å². The van der Waals surface area contributed by atoms with E-state index >= 15 is 0 Å². The van der Waals surface area contributed by atoms with E-state index in [9.17, 15) is 0 Å². The van der Waals surface area contributed by atoms with Gasteiger partial charge in [-0.2, -0.15) is 16.9 Å². The fourth-order valence-electron chi connectivity index (χ4n) is 2.34. The molecule has 2 heterocycles. The van der Waals surface area contributed by atoms with Gasteiger partial charge in [0.1, 0.15) is 0 Å². The number of thioether (sulfide) groups is 1. The van der Waals surface area contributed by atoms with Gasteiger partial charge >= 0.3 is 0 Å². The fraction of sp³-hybridized carbons (Fsp3) is 0.727. The molecule has 1 saturated heterocycles. The first-order valence-electron chi connectivity index (χ1n) is 5.85. The number of halogens is 1. The van der Waals surface area contributed by atoms with E-state index in [0.717, 1.165) is 22.8 Å². The van der Waals surface area contributed by atoms with Gasteiger partial charge in [0.15, 0.2) is 0 Å². The quantitative estimate of drug-likeness (QED) is 0.646. The minimum absolute atomic E-state index is 0.289. The molecule has 0 aromatic carbocycles. The molecule has 0 bridgehead atoms. The standard InChI is InChI=1S/C11H19ClN4S/c1-7-11(12)10(16(2)15-7)5-9(14-13)8-3-4-17-6-8/h8-9,14H,3-6,13H2,1-2H3. The van der Waals surface area contributed by atoms with Gasteiger partial charge in [0.2, 0.25) is 0 Å². The zero-order valence-electron chi connectivity index (χ0n) is 10.2. The Labute approximate surface area is 111 Å². The molecule has 4 nitrogen and oxygen atoms in total. The molecule has 1 aliphatic heterocycles. The van der Waals surface area contributed by atoms with E-state index in [1.165, 1.54) is 17.9 Å². The number of hydrazine groups is 1. The molecule has 0 amide bonds. The monoisotopic (exact) mass is 274 g/mol. The third-order valence-electron chi connectivity index (χ3n) is 3.42. The van der Waals surface area contributed by atoms with E-state index < -0.39 is 0 Å². The Bertz CT molecular complexity index is 387. The summed E-state index contributed by atoms with van der Waals surface area (Å²) in [6.07, 6.45) is 2.08. The Kier molecular flexibility index (Phi) is 4.36. The van der Waals surface area contributed by atoms with Crippen LogP contribution in [0, 0.1) is 12.8 Å². The lowest BCUT2D eigenvalue weighted by Gasteiger charge is -2.22. The highest BCUT2D eigenvalue weighted by Crippen LogP contribution is 2.29. The number of aryl methyl sites for hydroxylation is 2. The molecule has 3 N–H and O–H groups in total. The number of rotatable bonds is 4. The molecular formula is C11H19ClN4S. The summed E-state index contributed by atoms with van der Waals surface area (Å²) in [5.74, 6) is 8.73. The zero-order valence-corrected chi connectivity index (χ0v) is 11.8. The molecule has 0 spiro atoms. The summed E-state index contributed by atoms with van der Waals surface area (Å²) in [6, 6.07) is 0.289.